The fourth-order valence-electron chi connectivity index (χ4n) is 3.46. The molecule has 0 bridgehead atoms. The van der Waals surface area contributed by atoms with E-state index in [1.807, 2.05) is 0 Å². The molecule has 0 aliphatic rings. The van der Waals surface area contributed by atoms with Crippen molar-refractivity contribution in [2.75, 3.05) is 0 Å². The number of unbranched alkanes of at least 4 members (excludes halogenated alkanes) is 4. The van der Waals surface area contributed by atoms with E-state index in [9.17, 15) is 0 Å². The van der Waals surface area contributed by atoms with Gasteiger partial charge in [-0.2, -0.15) is 0 Å². The van der Waals surface area contributed by atoms with E-state index in [1.165, 1.54) is 11.1 Å². The zero-order valence-corrected chi connectivity index (χ0v) is 23.5. The molecular formula is C33H42N2Ni. The van der Waals surface area contributed by atoms with Crippen molar-refractivity contribution in [2.45, 2.75) is 85.5 Å². The third-order valence-electron chi connectivity index (χ3n) is 5.40. The molecule has 3 heteroatoms. The quantitative estimate of drug-likeness (QED) is 0.141. The monoisotopic (exact) mass is 524 g/mol. The zero-order chi connectivity index (χ0) is 25.1. The van der Waals surface area contributed by atoms with Crippen molar-refractivity contribution in [3.05, 3.63) is 71.8 Å². The Bertz CT molecular complexity index is 1080. The Labute approximate surface area is 230 Å². The van der Waals surface area contributed by atoms with Crippen molar-refractivity contribution in [3.8, 4) is 11.8 Å². The van der Waals surface area contributed by atoms with E-state index in [0.717, 1.165) is 80.6 Å². The van der Waals surface area contributed by atoms with Gasteiger partial charge >= 0.3 is 0 Å². The number of aliphatic imine (C=N–C) groups is 2. The van der Waals surface area contributed by atoms with E-state index in [0.29, 0.717) is 0 Å². The van der Waals surface area contributed by atoms with Crippen LogP contribution in [-0.4, -0.2) is 11.4 Å². The zero-order valence-electron chi connectivity index (χ0n) is 22.5. The molecule has 0 aromatic heterocycles. The summed E-state index contributed by atoms with van der Waals surface area (Å²) in [6, 6.07) is 16.8. The van der Waals surface area contributed by atoms with Gasteiger partial charge in [-0.25, -0.2) is 4.99 Å². The SMILES string of the molecule is CCCC#CC(=Nc1cccc(C=CCCC)c1)C(CCCC)=Nc1cccc(C=CCCC)c1.[Ni]. The van der Waals surface area contributed by atoms with Crippen LogP contribution >= 0.6 is 0 Å². The molecule has 2 aromatic rings. The third kappa shape index (κ3) is 12.3. The van der Waals surface area contributed by atoms with Gasteiger partial charge in [-0.1, -0.05) is 101 Å². The van der Waals surface area contributed by atoms with Crippen molar-refractivity contribution in [1.82, 2.24) is 0 Å². The first-order valence-corrected chi connectivity index (χ1v) is 13.4. The van der Waals surface area contributed by atoms with Crippen molar-refractivity contribution in [3.63, 3.8) is 0 Å². The summed E-state index contributed by atoms with van der Waals surface area (Å²) in [4.78, 5) is 10.1. The van der Waals surface area contributed by atoms with Crippen LogP contribution in [0.2, 0.25) is 0 Å². The topological polar surface area (TPSA) is 24.7 Å². The molecule has 2 rings (SSSR count). The summed E-state index contributed by atoms with van der Waals surface area (Å²) in [6.07, 6.45) is 18.2. The molecule has 0 N–H and O–H groups in total. The predicted octanol–water partition coefficient (Wildman–Crippen LogP) is 10.1. The molecule has 2 aromatic carbocycles. The van der Waals surface area contributed by atoms with Gasteiger partial charge in [0.1, 0.15) is 5.71 Å². The maximum atomic E-state index is 5.08. The Morgan fingerprint density at radius 2 is 1.33 bits per heavy atom. The van der Waals surface area contributed by atoms with E-state index in [-0.39, 0.29) is 16.5 Å². The van der Waals surface area contributed by atoms with Gasteiger partial charge in [-0.3, -0.25) is 4.99 Å². The summed E-state index contributed by atoms with van der Waals surface area (Å²) in [5.41, 5.74) is 5.97. The van der Waals surface area contributed by atoms with Crippen LogP contribution in [0.3, 0.4) is 0 Å². The van der Waals surface area contributed by atoms with Crippen LogP contribution < -0.4 is 0 Å². The van der Waals surface area contributed by atoms with Crippen LogP contribution in [0.25, 0.3) is 12.2 Å². The number of hydrogen-bond donors (Lipinski definition) is 0. The van der Waals surface area contributed by atoms with E-state index in [2.05, 4.69) is 112 Å². The van der Waals surface area contributed by atoms with Crippen molar-refractivity contribution in [2.24, 2.45) is 9.98 Å². The first-order valence-electron chi connectivity index (χ1n) is 13.4. The van der Waals surface area contributed by atoms with E-state index in [4.69, 9.17) is 9.98 Å². The van der Waals surface area contributed by atoms with Crippen LogP contribution in [0.4, 0.5) is 11.4 Å². The summed E-state index contributed by atoms with van der Waals surface area (Å²) >= 11 is 0. The second-order valence-corrected chi connectivity index (χ2v) is 8.75. The Kier molecular flexibility index (Phi) is 17.0. The van der Waals surface area contributed by atoms with Gasteiger partial charge in [0.2, 0.25) is 0 Å². The summed E-state index contributed by atoms with van der Waals surface area (Å²) in [6.45, 7) is 8.76. The van der Waals surface area contributed by atoms with Gasteiger partial charge in [0, 0.05) is 22.9 Å². The van der Waals surface area contributed by atoms with Crippen LogP contribution in [0.5, 0.6) is 0 Å². The normalized spacial score (nSPS) is 12.0. The Morgan fingerprint density at radius 3 is 1.86 bits per heavy atom. The molecule has 2 nitrogen and oxygen atoms in total. The first kappa shape index (κ1) is 31.3. The molecule has 0 saturated heterocycles. The maximum absolute atomic E-state index is 5.08. The first-order chi connectivity index (χ1) is 17.2. The van der Waals surface area contributed by atoms with Crippen molar-refractivity contribution in [1.29, 1.82) is 0 Å². The smallest absolute Gasteiger partial charge is 0.135 e. The molecule has 0 atom stereocenters. The molecular weight excluding hydrogens is 483 g/mol. The molecule has 194 valence electrons. The maximum Gasteiger partial charge on any atom is 0.135 e. The summed E-state index contributed by atoms with van der Waals surface area (Å²) in [5.74, 6) is 6.68. The molecule has 0 fully saturated rings. The van der Waals surface area contributed by atoms with Gasteiger partial charge in [0.25, 0.3) is 0 Å². The number of allylic oxidation sites excluding steroid dienone is 2. The molecule has 36 heavy (non-hydrogen) atoms. The minimum atomic E-state index is 0. The average Bonchev–Trinajstić information content (AvgIpc) is 2.87. The standard InChI is InChI=1S/C33H42N2.Ni/c1-5-9-13-18-28-20-16-22-30(26-28)34-32(24-12-8-4)33(25-15-11-7-3)35-31-23-17-21-29(27-31)19-14-10-6-2;/h13-14,16-23,26-27H,5-12,24H2,1-4H3;. The minimum Gasteiger partial charge on any atom is -0.250 e. The predicted molar refractivity (Wildman–Crippen MR) is 157 cm³/mol. The molecule has 0 aliphatic heterocycles. The summed E-state index contributed by atoms with van der Waals surface area (Å²) in [5, 5.41) is 0. The molecule has 0 radical (unpaired) electrons. The van der Waals surface area contributed by atoms with E-state index in [1.54, 1.807) is 0 Å². The molecule has 0 unspecified atom stereocenters. The van der Waals surface area contributed by atoms with E-state index >= 15 is 0 Å². The van der Waals surface area contributed by atoms with Gasteiger partial charge in [0.05, 0.1) is 17.1 Å². The second kappa shape index (κ2) is 19.5. The minimum absolute atomic E-state index is 0. The van der Waals surface area contributed by atoms with Gasteiger partial charge in [0.15, 0.2) is 0 Å². The number of hydrogen-bond acceptors (Lipinski definition) is 2. The van der Waals surface area contributed by atoms with Gasteiger partial charge in [-0.05, 0) is 73.4 Å². The van der Waals surface area contributed by atoms with Crippen LogP contribution in [-0.2, 0) is 16.5 Å². The Balaban J connectivity index is 0.00000648. The molecule has 0 amide bonds. The summed E-state index contributed by atoms with van der Waals surface area (Å²) in [7, 11) is 0. The number of rotatable bonds is 13. The largest absolute Gasteiger partial charge is 0.250 e. The van der Waals surface area contributed by atoms with Crippen molar-refractivity contribution >= 4 is 35.0 Å². The van der Waals surface area contributed by atoms with Crippen LogP contribution in [0, 0.1) is 11.8 Å². The fraction of sp³-hybridized carbons (Fsp3) is 0.394. The molecule has 0 heterocycles. The van der Waals surface area contributed by atoms with Crippen LogP contribution in [0.15, 0.2) is 70.7 Å². The Morgan fingerprint density at radius 1 is 0.750 bits per heavy atom. The van der Waals surface area contributed by atoms with Gasteiger partial charge < -0.3 is 0 Å². The van der Waals surface area contributed by atoms with Crippen molar-refractivity contribution < 1.29 is 16.5 Å². The number of nitrogens with zero attached hydrogens (tertiary/aromatic N) is 2. The average molecular weight is 525 g/mol. The second-order valence-electron chi connectivity index (χ2n) is 8.75. The molecule has 0 saturated carbocycles. The summed E-state index contributed by atoms with van der Waals surface area (Å²) < 4.78 is 0. The fourth-order valence-corrected chi connectivity index (χ4v) is 3.46. The molecule has 0 spiro atoms. The van der Waals surface area contributed by atoms with Crippen LogP contribution in [0.1, 0.15) is 96.6 Å². The van der Waals surface area contributed by atoms with Gasteiger partial charge in [-0.15, -0.1) is 0 Å². The Hall–Kier alpha value is -2.69. The molecule has 0 aliphatic carbocycles. The third-order valence-corrected chi connectivity index (χ3v) is 5.40. The number of benzene rings is 2. The van der Waals surface area contributed by atoms with E-state index < -0.39 is 0 Å².